The number of fused-ring (bicyclic) bond motifs is 1. The highest BCUT2D eigenvalue weighted by atomic mass is 32.2. The Hall–Kier alpha value is -2.79. The van der Waals surface area contributed by atoms with Crippen LogP contribution >= 0.6 is 11.8 Å². The van der Waals surface area contributed by atoms with Crippen molar-refractivity contribution in [3.8, 4) is 0 Å². The fourth-order valence-corrected chi connectivity index (χ4v) is 4.33. The van der Waals surface area contributed by atoms with Crippen LogP contribution in [0.5, 0.6) is 0 Å². The van der Waals surface area contributed by atoms with Crippen LogP contribution in [0.3, 0.4) is 0 Å². The number of nitrogen functional groups attached to an aromatic ring is 1. The van der Waals surface area contributed by atoms with Crippen molar-refractivity contribution in [2.75, 3.05) is 25.1 Å². The summed E-state index contributed by atoms with van der Waals surface area (Å²) in [5.41, 5.74) is 19.1. The zero-order valence-electron chi connectivity index (χ0n) is 17.8. The lowest BCUT2D eigenvalue weighted by Crippen LogP contribution is -2.62. The number of nitrogens with one attached hydrogen (secondary N) is 1. The maximum atomic E-state index is 13.6. The highest BCUT2D eigenvalue weighted by Crippen LogP contribution is 2.32. The van der Waals surface area contributed by atoms with Gasteiger partial charge in [-0.25, -0.2) is 0 Å². The van der Waals surface area contributed by atoms with Crippen LogP contribution in [0.15, 0.2) is 18.2 Å². The van der Waals surface area contributed by atoms with Crippen molar-refractivity contribution in [1.82, 2.24) is 10.2 Å². The molecule has 1 aromatic carbocycles. The van der Waals surface area contributed by atoms with Crippen LogP contribution in [0, 0.1) is 0 Å². The topological polar surface area (TPSA) is 171 Å². The molecule has 10 nitrogen and oxygen atoms in total. The molecule has 1 aliphatic rings. The van der Waals surface area contributed by atoms with Crippen molar-refractivity contribution in [3.63, 3.8) is 0 Å². The molecule has 0 saturated carbocycles. The van der Waals surface area contributed by atoms with Gasteiger partial charge >= 0.3 is 5.97 Å². The molecule has 0 fully saturated rings. The third-order valence-electron chi connectivity index (χ3n) is 5.19. The maximum Gasteiger partial charge on any atom is 0.315 e. The predicted molar refractivity (Wildman–Crippen MR) is 118 cm³/mol. The van der Waals surface area contributed by atoms with Gasteiger partial charge in [0, 0.05) is 23.4 Å². The van der Waals surface area contributed by atoms with E-state index < -0.39 is 40.5 Å². The molecule has 11 heteroatoms. The Morgan fingerprint density at radius 1 is 1.29 bits per heavy atom. The standard InChI is InChI=1S/C20H29N5O5S/c1-20(2,31-10-16(27)30-3)17(24-15(26)8-21)19(29)25-9-12-6-13(22)5-4-11(12)7-14(25)18(23)28/h4-6,14,17H,7-10,21-22H2,1-3H3,(H2,23,28)(H,24,26). The first-order valence-corrected chi connectivity index (χ1v) is 10.7. The van der Waals surface area contributed by atoms with Gasteiger partial charge in [-0.05, 0) is 37.1 Å². The second kappa shape index (κ2) is 10.0. The van der Waals surface area contributed by atoms with E-state index in [1.54, 1.807) is 26.0 Å². The van der Waals surface area contributed by atoms with Gasteiger partial charge in [-0.1, -0.05) is 6.07 Å². The molecule has 31 heavy (non-hydrogen) atoms. The summed E-state index contributed by atoms with van der Waals surface area (Å²) in [6.07, 6.45) is 0.240. The number of thioether (sulfide) groups is 1. The van der Waals surface area contributed by atoms with Crippen molar-refractivity contribution in [1.29, 1.82) is 0 Å². The SMILES string of the molecule is COC(=O)CSC(C)(C)C(NC(=O)CN)C(=O)N1Cc2cc(N)ccc2CC1C(N)=O. The van der Waals surface area contributed by atoms with Crippen LogP contribution < -0.4 is 22.5 Å². The molecule has 1 aromatic rings. The molecule has 0 bridgehead atoms. The van der Waals surface area contributed by atoms with Gasteiger partial charge < -0.3 is 32.2 Å². The molecule has 0 spiro atoms. The number of carbonyl (C=O) groups excluding carboxylic acids is 4. The summed E-state index contributed by atoms with van der Waals surface area (Å²) < 4.78 is 3.75. The van der Waals surface area contributed by atoms with E-state index in [1.165, 1.54) is 12.0 Å². The van der Waals surface area contributed by atoms with Crippen LogP contribution in [-0.4, -0.2) is 64.8 Å². The number of benzene rings is 1. The molecular formula is C20H29N5O5S. The Kier molecular flexibility index (Phi) is 7.91. The zero-order chi connectivity index (χ0) is 23.3. The molecule has 2 rings (SSSR count). The van der Waals surface area contributed by atoms with Crippen molar-refractivity contribution >= 4 is 41.1 Å². The van der Waals surface area contributed by atoms with Crippen molar-refractivity contribution in [3.05, 3.63) is 29.3 Å². The molecule has 0 saturated heterocycles. The predicted octanol–water partition coefficient (Wildman–Crippen LogP) is -0.864. The minimum Gasteiger partial charge on any atom is -0.468 e. The number of esters is 1. The van der Waals surface area contributed by atoms with E-state index in [0.717, 1.165) is 22.9 Å². The Morgan fingerprint density at radius 3 is 2.55 bits per heavy atom. The van der Waals surface area contributed by atoms with Crippen LogP contribution in [0.2, 0.25) is 0 Å². The number of ether oxygens (including phenoxy) is 1. The summed E-state index contributed by atoms with van der Waals surface area (Å²) in [6, 6.07) is 3.33. The number of hydrogen-bond acceptors (Lipinski definition) is 8. The number of amides is 3. The van der Waals surface area contributed by atoms with E-state index >= 15 is 0 Å². The van der Waals surface area contributed by atoms with E-state index in [-0.39, 0.29) is 25.3 Å². The first kappa shape index (κ1) is 24.5. The van der Waals surface area contributed by atoms with Gasteiger partial charge in [-0.15, -0.1) is 11.8 Å². The molecule has 7 N–H and O–H groups in total. The number of carbonyl (C=O) groups is 4. The minimum absolute atomic E-state index is 0.0234. The number of anilines is 1. The molecule has 1 heterocycles. The molecule has 0 aromatic heterocycles. The fourth-order valence-electron chi connectivity index (χ4n) is 3.40. The summed E-state index contributed by atoms with van der Waals surface area (Å²) >= 11 is 1.15. The zero-order valence-corrected chi connectivity index (χ0v) is 18.7. The molecular weight excluding hydrogens is 422 g/mol. The Balaban J connectivity index is 2.39. The van der Waals surface area contributed by atoms with Crippen molar-refractivity contribution < 1.29 is 23.9 Å². The lowest BCUT2D eigenvalue weighted by molar-refractivity contribution is -0.144. The van der Waals surface area contributed by atoms with E-state index in [4.69, 9.17) is 17.2 Å². The fraction of sp³-hybridized carbons (Fsp3) is 0.500. The van der Waals surface area contributed by atoms with Gasteiger partial charge in [0.05, 0.1) is 19.4 Å². The number of hydrogen-bond donors (Lipinski definition) is 4. The summed E-state index contributed by atoms with van der Waals surface area (Å²) in [7, 11) is 1.27. The summed E-state index contributed by atoms with van der Waals surface area (Å²) in [4.78, 5) is 50.9. The lowest BCUT2D eigenvalue weighted by atomic mass is 9.91. The third kappa shape index (κ3) is 5.88. The normalized spacial score (nSPS) is 16.8. The molecule has 0 aliphatic carbocycles. The van der Waals surface area contributed by atoms with Crippen LogP contribution in [0.25, 0.3) is 0 Å². The van der Waals surface area contributed by atoms with Crippen LogP contribution in [-0.2, 0) is 36.9 Å². The Labute approximate surface area is 185 Å². The van der Waals surface area contributed by atoms with Crippen molar-refractivity contribution in [2.45, 2.75) is 43.6 Å². The van der Waals surface area contributed by atoms with E-state index in [2.05, 4.69) is 10.1 Å². The molecule has 3 amide bonds. The number of nitrogens with two attached hydrogens (primary N) is 3. The van der Waals surface area contributed by atoms with Crippen molar-refractivity contribution in [2.24, 2.45) is 11.5 Å². The number of primary amides is 1. The average molecular weight is 452 g/mol. The minimum atomic E-state index is -1.07. The van der Waals surface area contributed by atoms with Gasteiger partial charge in [0.1, 0.15) is 12.1 Å². The summed E-state index contributed by atoms with van der Waals surface area (Å²) in [6.45, 7) is 3.23. The average Bonchev–Trinajstić information content (AvgIpc) is 2.73. The van der Waals surface area contributed by atoms with E-state index in [9.17, 15) is 19.2 Å². The largest absolute Gasteiger partial charge is 0.468 e. The smallest absolute Gasteiger partial charge is 0.315 e. The Bertz CT molecular complexity index is 876. The second-order valence-corrected chi connectivity index (χ2v) is 9.42. The molecule has 170 valence electrons. The lowest BCUT2D eigenvalue weighted by Gasteiger charge is -2.41. The van der Waals surface area contributed by atoms with Gasteiger partial charge in [-0.2, -0.15) is 0 Å². The molecule has 2 unspecified atom stereocenters. The second-order valence-electron chi connectivity index (χ2n) is 7.79. The van der Waals surface area contributed by atoms with E-state index in [0.29, 0.717) is 5.69 Å². The number of nitrogens with zero attached hydrogens (tertiary/aromatic N) is 1. The summed E-state index contributed by atoms with van der Waals surface area (Å²) in [5.74, 6) is -2.18. The van der Waals surface area contributed by atoms with Gasteiger partial charge in [0.15, 0.2) is 0 Å². The maximum absolute atomic E-state index is 13.6. The first-order valence-electron chi connectivity index (χ1n) is 9.67. The van der Waals surface area contributed by atoms with Gasteiger partial charge in [0.2, 0.25) is 17.7 Å². The monoisotopic (exact) mass is 451 g/mol. The molecule has 0 radical (unpaired) electrons. The number of methoxy groups -OCH3 is 1. The van der Waals surface area contributed by atoms with E-state index in [1.807, 2.05) is 6.07 Å². The third-order valence-corrected chi connectivity index (χ3v) is 6.55. The quantitative estimate of drug-likeness (QED) is 0.292. The summed E-state index contributed by atoms with van der Waals surface area (Å²) in [5, 5.41) is 2.64. The highest BCUT2D eigenvalue weighted by Gasteiger charge is 2.43. The van der Waals surface area contributed by atoms with Gasteiger partial charge in [0.25, 0.3) is 0 Å². The molecule has 1 aliphatic heterocycles. The van der Waals surface area contributed by atoms with Gasteiger partial charge in [-0.3, -0.25) is 19.2 Å². The number of rotatable bonds is 8. The van der Waals surface area contributed by atoms with Crippen LogP contribution in [0.1, 0.15) is 25.0 Å². The molecule has 2 atom stereocenters. The highest BCUT2D eigenvalue weighted by molar-refractivity contribution is 8.01. The first-order chi connectivity index (χ1) is 14.5. The van der Waals surface area contributed by atoms with Crippen LogP contribution in [0.4, 0.5) is 5.69 Å². The Morgan fingerprint density at radius 2 is 1.97 bits per heavy atom.